The SMILES string of the molecule is CCOc1cccc(C2(N=C=O)CCC2)c1OCc1ccccc1. The second-order valence-electron chi connectivity index (χ2n) is 5.93. The topological polar surface area (TPSA) is 47.9 Å². The normalized spacial score (nSPS) is 15.0. The van der Waals surface area contributed by atoms with Gasteiger partial charge in [0.05, 0.1) is 6.61 Å². The average molecular weight is 323 g/mol. The lowest BCUT2D eigenvalue weighted by atomic mass is 9.72. The van der Waals surface area contributed by atoms with Crippen LogP contribution in [0.3, 0.4) is 0 Å². The van der Waals surface area contributed by atoms with Crippen LogP contribution in [0, 0.1) is 0 Å². The predicted octanol–water partition coefficient (Wildman–Crippen LogP) is 4.38. The van der Waals surface area contributed by atoms with Gasteiger partial charge in [0.1, 0.15) is 12.1 Å². The fourth-order valence-electron chi connectivity index (χ4n) is 3.07. The highest BCUT2D eigenvalue weighted by Gasteiger charge is 2.42. The first kappa shape index (κ1) is 16.3. The van der Waals surface area contributed by atoms with E-state index in [9.17, 15) is 4.79 Å². The molecule has 4 nitrogen and oxygen atoms in total. The molecule has 2 aromatic rings. The smallest absolute Gasteiger partial charge is 0.235 e. The van der Waals surface area contributed by atoms with Gasteiger partial charge in [-0.1, -0.05) is 42.5 Å². The van der Waals surface area contributed by atoms with Crippen molar-refractivity contribution in [2.75, 3.05) is 6.61 Å². The Hall–Kier alpha value is -2.58. The molecule has 0 atom stereocenters. The van der Waals surface area contributed by atoms with Crippen molar-refractivity contribution < 1.29 is 14.3 Å². The van der Waals surface area contributed by atoms with Crippen molar-refractivity contribution in [3.63, 3.8) is 0 Å². The zero-order chi connectivity index (χ0) is 16.8. The summed E-state index contributed by atoms with van der Waals surface area (Å²) < 4.78 is 11.9. The summed E-state index contributed by atoms with van der Waals surface area (Å²) in [5.41, 5.74) is 1.48. The number of carbonyl (C=O) groups excluding carboxylic acids is 1. The summed E-state index contributed by atoms with van der Waals surface area (Å²) in [7, 11) is 0. The summed E-state index contributed by atoms with van der Waals surface area (Å²) in [4.78, 5) is 15.0. The molecule has 0 N–H and O–H groups in total. The summed E-state index contributed by atoms with van der Waals surface area (Å²) in [6, 6.07) is 15.8. The van der Waals surface area contributed by atoms with Crippen LogP contribution in [-0.4, -0.2) is 12.7 Å². The molecule has 124 valence electrons. The maximum absolute atomic E-state index is 10.9. The molecule has 0 radical (unpaired) electrons. The number of ether oxygens (including phenoxy) is 2. The first-order chi connectivity index (χ1) is 11.8. The van der Waals surface area contributed by atoms with E-state index >= 15 is 0 Å². The molecule has 24 heavy (non-hydrogen) atoms. The van der Waals surface area contributed by atoms with Crippen LogP contribution in [-0.2, 0) is 16.9 Å². The van der Waals surface area contributed by atoms with Crippen LogP contribution in [0.1, 0.15) is 37.3 Å². The van der Waals surface area contributed by atoms with Crippen molar-refractivity contribution in [2.45, 2.75) is 38.3 Å². The van der Waals surface area contributed by atoms with E-state index in [4.69, 9.17) is 9.47 Å². The fraction of sp³-hybridized carbons (Fsp3) is 0.350. The van der Waals surface area contributed by atoms with E-state index in [-0.39, 0.29) is 0 Å². The second kappa shape index (κ2) is 7.33. The number of isocyanates is 1. The molecule has 3 rings (SSSR count). The minimum atomic E-state index is -0.513. The quantitative estimate of drug-likeness (QED) is 0.561. The standard InChI is InChI=1S/C20H21NO3/c1-2-23-18-11-6-10-17(20(21-15-22)12-7-13-20)19(18)24-14-16-8-4-3-5-9-16/h3-6,8-11H,2,7,12-14H2,1H3. The molecule has 4 heteroatoms. The molecule has 0 aliphatic heterocycles. The molecule has 0 unspecified atom stereocenters. The Bertz CT molecular complexity index is 732. The van der Waals surface area contributed by atoms with E-state index in [2.05, 4.69) is 4.99 Å². The zero-order valence-corrected chi connectivity index (χ0v) is 13.8. The highest BCUT2D eigenvalue weighted by molar-refractivity contribution is 5.52. The van der Waals surface area contributed by atoms with E-state index in [0.717, 1.165) is 30.4 Å². The van der Waals surface area contributed by atoms with Crippen LogP contribution in [0.4, 0.5) is 0 Å². The summed E-state index contributed by atoms with van der Waals surface area (Å²) >= 11 is 0. The maximum atomic E-state index is 10.9. The van der Waals surface area contributed by atoms with Crippen molar-refractivity contribution in [3.8, 4) is 11.5 Å². The molecule has 0 amide bonds. The van der Waals surface area contributed by atoms with Gasteiger partial charge in [0.2, 0.25) is 6.08 Å². The minimum Gasteiger partial charge on any atom is -0.490 e. The third-order valence-corrected chi connectivity index (χ3v) is 4.45. The van der Waals surface area contributed by atoms with Crippen molar-refractivity contribution in [2.24, 2.45) is 4.99 Å². The van der Waals surface area contributed by atoms with Crippen molar-refractivity contribution in [1.82, 2.24) is 0 Å². The number of hydrogen-bond donors (Lipinski definition) is 0. The molecule has 1 aliphatic carbocycles. The molecule has 0 spiro atoms. The van der Waals surface area contributed by atoms with Crippen molar-refractivity contribution in [3.05, 3.63) is 59.7 Å². The lowest BCUT2D eigenvalue weighted by molar-refractivity contribution is 0.223. The number of para-hydroxylation sites is 1. The summed E-state index contributed by atoms with van der Waals surface area (Å²) in [6.45, 7) is 2.93. The Morgan fingerprint density at radius 3 is 2.50 bits per heavy atom. The first-order valence-corrected chi connectivity index (χ1v) is 8.31. The van der Waals surface area contributed by atoms with Gasteiger partial charge >= 0.3 is 0 Å². The van der Waals surface area contributed by atoms with Gasteiger partial charge in [0.15, 0.2) is 11.5 Å². The third kappa shape index (κ3) is 3.19. The molecule has 0 heterocycles. The summed E-state index contributed by atoms with van der Waals surface area (Å²) in [6.07, 6.45) is 4.45. The second-order valence-corrected chi connectivity index (χ2v) is 5.93. The zero-order valence-electron chi connectivity index (χ0n) is 13.8. The third-order valence-electron chi connectivity index (χ3n) is 4.45. The monoisotopic (exact) mass is 323 g/mol. The molecule has 2 aromatic carbocycles. The minimum absolute atomic E-state index is 0.443. The van der Waals surface area contributed by atoms with Crippen LogP contribution in [0.2, 0.25) is 0 Å². The molecular formula is C20H21NO3. The highest BCUT2D eigenvalue weighted by atomic mass is 16.5. The van der Waals surface area contributed by atoms with Crippen LogP contribution in [0.15, 0.2) is 53.5 Å². The Labute approximate surface area is 142 Å². The van der Waals surface area contributed by atoms with Crippen molar-refractivity contribution in [1.29, 1.82) is 0 Å². The van der Waals surface area contributed by atoms with Crippen LogP contribution >= 0.6 is 0 Å². The number of aliphatic imine (C=N–C) groups is 1. The molecule has 1 aliphatic rings. The lowest BCUT2D eigenvalue weighted by Crippen LogP contribution is -2.32. The van der Waals surface area contributed by atoms with Crippen LogP contribution < -0.4 is 9.47 Å². The molecule has 1 saturated carbocycles. The van der Waals surface area contributed by atoms with Gasteiger partial charge in [-0.2, -0.15) is 4.99 Å². The predicted molar refractivity (Wildman–Crippen MR) is 92.0 cm³/mol. The Morgan fingerprint density at radius 1 is 1.08 bits per heavy atom. The molecule has 1 fully saturated rings. The highest BCUT2D eigenvalue weighted by Crippen LogP contribution is 2.50. The summed E-state index contributed by atoms with van der Waals surface area (Å²) in [5, 5.41) is 0. The van der Waals surface area contributed by atoms with E-state index in [1.165, 1.54) is 0 Å². The Morgan fingerprint density at radius 2 is 1.88 bits per heavy atom. The van der Waals surface area contributed by atoms with Gasteiger partial charge in [-0.25, -0.2) is 4.79 Å². The number of benzene rings is 2. The first-order valence-electron chi connectivity index (χ1n) is 8.31. The van der Waals surface area contributed by atoms with Gasteiger partial charge < -0.3 is 9.47 Å². The largest absolute Gasteiger partial charge is 0.490 e. The average Bonchev–Trinajstić information content (AvgIpc) is 2.58. The number of rotatable bonds is 7. The molecule has 0 aromatic heterocycles. The molecular weight excluding hydrogens is 302 g/mol. The Balaban J connectivity index is 1.96. The lowest BCUT2D eigenvalue weighted by Gasteiger charge is -2.38. The van der Waals surface area contributed by atoms with Crippen LogP contribution in [0.5, 0.6) is 11.5 Å². The van der Waals surface area contributed by atoms with Gasteiger partial charge in [0.25, 0.3) is 0 Å². The molecule has 0 saturated heterocycles. The van der Waals surface area contributed by atoms with E-state index in [0.29, 0.717) is 24.7 Å². The van der Waals surface area contributed by atoms with Crippen LogP contribution in [0.25, 0.3) is 0 Å². The summed E-state index contributed by atoms with van der Waals surface area (Å²) in [5.74, 6) is 1.38. The maximum Gasteiger partial charge on any atom is 0.235 e. The van der Waals surface area contributed by atoms with Gasteiger partial charge in [-0.15, -0.1) is 0 Å². The van der Waals surface area contributed by atoms with Gasteiger partial charge in [-0.3, -0.25) is 0 Å². The van der Waals surface area contributed by atoms with Gasteiger partial charge in [0, 0.05) is 5.56 Å². The number of nitrogens with zero attached hydrogens (tertiary/aromatic N) is 1. The number of hydrogen-bond acceptors (Lipinski definition) is 4. The van der Waals surface area contributed by atoms with E-state index in [1.807, 2.05) is 55.5 Å². The fourth-order valence-corrected chi connectivity index (χ4v) is 3.07. The Kier molecular flexibility index (Phi) is 4.97. The van der Waals surface area contributed by atoms with Crippen molar-refractivity contribution >= 4 is 6.08 Å². The van der Waals surface area contributed by atoms with Gasteiger partial charge in [-0.05, 0) is 37.8 Å². The van der Waals surface area contributed by atoms with E-state index in [1.54, 1.807) is 6.08 Å². The van der Waals surface area contributed by atoms with E-state index < -0.39 is 5.54 Å². The molecule has 0 bridgehead atoms.